The first-order valence-electron chi connectivity index (χ1n) is 10.8. The van der Waals surface area contributed by atoms with Crippen molar-refractivity contribution in [2.75, 3.05) is 19.5 Å². The summed E-state index contributed by atoms with van der Waals surface area (Å²) in [5.41, 5.74) is 2.26. The van der Waals surface area contributed by atoms with E-state index in [0.717, 1.165) is 5.56 Å². The van der Waals surface area contributed by atoms with Gasteiger partial charge in [0, 0.05) is 16.8 Å². The molecule has 0 fully saturated rings. The largest absolute Gasteiger partial charge is 0.497 e. The van der Waals surface area contributed by atoms with Gasteiger partial charge in [-0.15, -0.1) is 10.2 Å². The van der Waals surface area contributed by atoms with Gasteiger partial charge in [-0.25, -0.2) is 4.79 Å². The van der Waals surface area contributed by atoms with Crippen LogP contribution in [-0.2, 0) is 12.3 Å². The highest BCUT2D eigenvalue weighted by molar-refractivity contribution is 7.98. The molecule has 2 amide bonds. The van der Waals surface area contributed by atoms with Gasteiger partial charge in [0.2, 0.25) is 0 Å². The van der Waals surface area contributed by atoms with Crippen molar-refractivity contribution in [1.82, 2.24) is 20.1 Å². The Morgan fingerprint density at radius 3 is 2.56 bits per heavy atom. The number of nitrogens with one attached hydrogen (secondary N) is 2. The molecule has 0 spiro atoms. The van der Waals surface area contributed by atoms with Gasteiger partial charge in [-0.2, -0.15) is 0 Å². The third-order valence-electron chi connectivity index (χ3n) is 5.12. The van der Waals surface area contributed by atoms with Gasteiger partial charge in [0.1, 0.15) is 11.5 Å². The zero-order chi connectivity index (χ0) is 25.5. The number of carbonyl (C=O) groups is 1. The first-order valence-corrected chi connectivity index (χ1v) is 12.6. The molecule has 0 aliphatic heterocycles. The van der Waals surface area contributed by atoms with Crippen LogP contribution in [0.15, 0.2) is 71.9 Å². The Labute approximate surface area is 222 Å². The van der Waals surface area contributed by atoms with E-state index < -0.39 is 6.03 Å². The van der Waals surface area contributed by atoms with Crippen LogP contribution in [0.5, 0.6) is 11.5 Å². The van der Waals surface area contributed by atoms with E-state index in [4.69, 9.17) is 32.7 Å². The van der Waals surface area contributed by atoms with Crippen LogP contribution >= 0.6 is 35.0 Å². The second kappa shape index (κ2) is 12.0. The maximum absolute atomic E-state index is 12.7. The SMILES string of the molecule is COc1ccc(NC(=O)NCc2nnc(SCc3ccccc3)n2-c2cc(Cl)ccc2Cl)c(OC)c1. The molecule has 1 heterocycles. The molecule has 0 atom stereocenters. The van der Waals surface area contributed by atoms with E-state index in [2.05, 4.69) is 20.8 Å². The predicted molar refractivity (Wildman–Crippen MR) is 143 cm³/mol. The van der Waals surface area contributed by atoms with Crippen LogP contribution in [0.2, 0.25) is 10.0 Å². The van der Waals surface area contributed by atoms with Crippen molar-refractivity contribution >= 4 is 46.7 Å². The van der Waals surface area contributed by atoms with Crippen LogP contribution in [-0.4, -0.2) is 35.0 Å². The number of aromatic nitrogens is 3. The summed E-state index contributed by atoms with van der Waals surface area (Å²) >= 11 is 14.3. The number of amides is 2. The maximum Gasteiger partial charge on any atom is 0.319 e. The molecule has 2 N–H and O–H groups in total. The fourth-order valence-corrected chi connectivity index (χ4v) is 4.65. The topological polar surface area (TPSA) is 90.3 Å². The smallest absolute Gasteiger partial charge is 0.319 e. The van der Waals surface area contributed by atoms with Crippen molar-refractivity contribution in [3.63, 3.8) is 0 Å². The number of rotatable bonds is 9. The number of nitrogens with zero attached hydrogens (tertiary/aromatic N) is 3. The molecule has 0 aliphatic rings. The Morgan fingerprint density at radius 2 is 1.81 bits per heavy atom. The first-order chi connectivity index (χ1) is 17.5. The zero-order valence-electron chi connectivity index (χ0n) is 19.5. The highest BCUT2D eigenvalue weighted by Crippen LogP contribution is 2.31. The molecule has 3 aromatic carbocycles. The maximum atomic E-state index is 12.7. The van der Waals surface area contributed by atoms with Crippen LogP contribution < -0.4 is 20.1 Å². The lowest BCUT2D eigenvalue weighted by molar-refractivity contribution is 0.251. The second-order valence-electron chi connectivity index (χ2n) is 7.48. The molecule has 1 aromatic heterocycles. The lowest BCUT2D eigenvalue weighted by Gasteiger charge is -2.14. The fourth-order valence-electron chi connectivity index (χ4n) is 3.36. The normalized spacial score (nSPS) is 10.7. The van der Waals surface area contributed by atoms with Crippen LogP contribution in [0, 0.1) is 0 Å². The summed E-state index contributed by atoms with van der Waals surface area (Å²) in [4.78, 5) is 12.7. The molecule has 8 nitrogen and oxygen atoms in total. The molecule has 0 saturated heterocycles. The summed E-state index contributed by atoms with van der Waals surface area (Å²) in [7, 11) is 3.08. The van der Waals surface area contributed by atoms with Gasteiger partial charge >= 0.3 is 6.03 Å². The van der Waals surface area contributed by atoms with E-state index in [1.165, 1.54) is 18.9 Å². The molecule has 0 aliphatic carbocycles. The molecule has 4 aromatic rings. The highest BCUT2D eigenvalue weighted by Gasteiger charge is 2.18. The number of hydrogen-bond acceptors (Lipinski definition) is 6. The van der Waals surface area contributed by atoms with Crippen LogP contribution in [0.3, 0.4) is 0 Å². The molecule has 0 bridgehead atoms. The van der Waals surface area contributed by atoms with Crippen LogP contribution in [0.4, 0.5) is 10.5 Å². The van der Waals surface area contributed by atoms with Crippen molar-refractivity contribution < 1.29 is 14.3 Å². The lowest BCUT2D eigenvalue weighted by atomic mass is 10.2. The van der Waals surface area contributed by atoms with Gasteiger partial charge in [0.05, 0.1) is 37.2 Å². The number of anilines is 1. The van der Waals surface area contributed by atoms with Crippen LogP contribution in [0.1, 0.15) is 11.4 Å². The van der Waals surface area contributed by atoms with Gasteiger partial charge in [-0.1, -0.05) is 65.3 Å². The van der Waals surface area contributed by atoms with Gasteiger partial charge in [0.15, 0.2) is 11.0 Å². The highest BCUT2D eigenvalue weighted by atomic mass is 35.5. The molecular formula is C25H23Cl2N5O3S. The van der Waals surface area contributed by atoms with Gasteiger partial charge in [0.25, 0.3) is 0 Å². The average Bonchev–Trinajstić information content (AvgIpc) is 3.31. The number of benzene rings is 3. The van der Waals surface area contributed by atoms with E-state index in [0.29, 0.717) is 49.7 Å². The molecule has 0 saturated carbocycles. The van der Waals surface area contributed by atoms with E-state index in [-0.39, 0.29) is 6.54 Å². The Hall–Kier alpha value is -3.40. The zero-order valence-corrected chi connectivity index (χ0v) is 21.8. The standard InChI is InChI=1S/C25H23Cl2N5O3S/c1-34-18-9-11-20(22(13-18)35-2)29-24(33)28-14-23-30-31-25(36-15-16-6-4-3-5-7-16)32(23)21-12-17(26)8-10-19(21)27/h3-13H,14-15H2,1-2H3,(H2,28,29,33). The van der Waals surface area contributed by atoms with Crippen LogP contribution in [0.25, 0.3) is 5.69 Å². The van der Waals surface area contributed by atoms with Crippen molar-refractivity contribution in [2.24, 2.45) is 0 Å². The fraction of sp³-hybridized carbons (Fsp3) is 0.160. The summed E-state index contributed by atoms with van der Waals surface area (Å²) in [6, 6.07) is 19.9. The van der Waals surface area contributed by atoms with Gasteiger partial charge in [-0.3, -0.25) is 4.57 Å². The number of urea groups is 1. The van der Waals surface area contributed by atoms with E-state index in [1.54, 1.807) is 48.1 Å². The minimum Gasteiger partial charge on any atom is -0.497 e. The molecule has 36 heavy (non-hydrogen) atoms. The number of hydrogen-bond donors (Lipinski definition) is 2. The average molecular weight is 544 g/mol. The first kappa shape index (κ1) is 25.7. The predicted octanol–water partition coefficient (Wildman–Crippen LogP) is 6.21. The Morgan fingerprint density at radius 1 is 1.00 bits per heavy atom. The van der Waals surface area contributed by atoms with Gasteiger partial charge in [-0.05, 0) is 35.9 Å². The summed E-state index contributed by atoms with van der Waals surface area (Å²) in [6.07, 6.45) is 0. The van der Waals surface area contributed by atoms with Crippen molar-refractivity contribution in [2.45, 2.75) is 17.5 Å². The van der Waals surface area contributed by atoms with Gasteiger partial charge < -0.3 is 20.1 Å². The Balaban J connectivity index is 1.54. The Bertz CT molecular complexity index is 1350. The quantitative estimate of drug-likeness (QED) is 0.244. The summed E-state index contributed by atoms with van der Waals surface area (Å²) < 4.78 is 12.3. The Kier molecular flexibility index (Phi) is 8.58. The molecule has 11 heteroatoms. The number of methoxy groups -OCH3 is 2. The van der Waals surface area contributed by atoms with E-state index >= 15 is 0 Å². The minimum atomic E-state index is -0.441. The summed E-state index contributed by atoms with van der Waals surface area (Å²) in [5, 5.41) is 15.9. The number of halogens is 2. The molecule has 0 radical (unpaired) electrons. The molecular weight excluding hydrogens is 521 g/mol. The third-order valence-corrected chi connectivity index (χ3v) is 6.68. The molecule has 4 rings (SSSR count). The second-order valence-corrected chi connectivity index (χ2v) is 9.26. The number of carbonyl (C=O) groups excluding carboxylic acids is 1. The summed E-state index contributed by atoms with van der Waals surface area (Å²) in [5.74, 6) is 2.26. The minimum absolute atomic E-state index is 0.0893. The van der Waals surface area contributed by atoms with E-state index in [1.807, 2.05) is 30.3 Å². The lowest BCUT2D eigenvalue weighted by Crippen LogP contribution is -2.29. The van der Waals surface area contributed by atoms with Crippen molar-refractivity contribution in [3.05, 3.63) is 88.2 Å². The monoisotopic (exact) mass is 543 g/mol. The molecule has 0 unspecified atom stereocenters. The van der Waals surface area contributed by atoms with E-state index in [9.17, 15) is 4.79 Å². The molecule has 186 valence electrons. The summed E-state index contributed by atoms with van der Waals surface area (Å²) in [6.45, 7) is 0.0893. The number of thioether (sulfide) groups is 1. The third kappa shape index (κ3) is 6.23. The van der Waals surface area contributed by atoms with Crippen molar-refractivity contribution in [3.8, 4) is 17.2 Å². The number of ether oxygens (including phenoxy) is 2. The van der Waals surface area contributed by atoms with Crippen molar-refractivity contribution in [1.29, 1.82) is 0 Å².